The fraction of sp³-hybridized carbons (Fsp3) is 0. The molecule has 6 heteroatoms. The van der Waals surface area contributed by atoms with Crippen molar-refractivity contribution in [3.63, 3.8) is 0 Å². The van der Waals surface area contributed by atoms with Gasteiger partial charge in [0.1, 0.15) is 11.2 Å². The van der Waals surface area contributed by atoms with E-state index < -0.39 is 0 Å². The standard InChI is InChI=1S/C55H31N3OS2/c1-2-12-33(13-3-1)53-56-54(37-22-21-32-11-4-5-14-34(32)29-37)58-55(57-53)42-17-10-18-45-51(42)43-30-36(24-27-44(43)59-45)50-38(26-28-48-52(50)41-16-7-9-20-47(41)60-48)35-23-25-40-39-15-6-8-19-46(39)61-49(40)31-35/h1-31H. The molecule has 0 amide bonds. The Labute approximate surface area is 357 Å². The highest BCUT2D eigenvalue weighted by Gasteiger charge is 2.22. The molecule has 284 valence electrons. The molecule has 0 saturated carbocycles. The van der Waals surface area contributed by atoms with E-state index in [2.05, 4.69) is 146 Å². The quantitative estimate of drug-likeness (QED) is 0.174. The van der Waals surface area contributed by atoms with E-state index in [0.29, 0.717) is 17.5 Å². The summed E-state index contributed by atoms with van der Waals surface area (Å²) in [6, 6.07) is 66.8. The highest BCUT2D eigenvalue weighted by atomic mass is 32.1. The highest BCUT2D eigenvalue weighted by molar-refractivity contribution is 7.26. The third kappa shape index (κ3) is 5.53. The van der Waals surface area contributed by atoms with Crippen molar-refractivity contribution in [1.82, 2.24) is 15.0 Å². The smallest absolute Gasteiger partial charge is 0.164 e. The van der Waals surface area contributed by atoms with Crippen molar-refractivity contribution in [2.45, 2.75) is 0 Å². The molecular formula is C55H31N3OS2. The number of nitrogens with zero attached hydrogens (tertiary/aromatic N) is 3. The lowest BCUT2D eigenvalue weighted by Crippen LogP contribution is -2.00. The Morgan fingerprint density at radius 2 is 1.02 bits per heavy atom. The fourth-order valence-corrected chi connectivity index (χ4v) is 11.3. The Morgan fingerprint density at radius 3 is 1.90 bits per heavy atom. The van der Waals surface area contributed by atoms with E-state index in [1.54, 1.807) is 0 Å². The van der Waals surface area contributed by atoms with Gasteiger partial charge >= 0.3 is 0 Å². The van der Waals surface area contributed by atoms with Gasteiger partial charge in [-0.3, -0.25) is 0 Å². The minimum Gasteiger partial charge on any atom is -0.456 e. The van der Waals surface area contributed by atoms with Crippen LogP contribution >= 0.6 is 22.7 Å². The second-order valence-corrected chi connectivity index (χ2v) is 17.7. The first-order valence-corrected chi connectivity index (χ1v) is 22.0. The van der Waals surface area contributed by atoms with Gasteiger partial charge in [-0.05, 0) is 81.6 Å². The fourth-order valence-electron chi connectivity index (χ4n) is 9.09. The number of fused-ring (bicyclic) bond motifs is 10. The number of thiophene rings is 2. The van der Waals surface area contributed by atoms with Crippen LogP contribution in [-0.4, -0.2) is 15.0 Å². The monoisotopic (exact) mass is 813 g/mol. The summed E-state index contributed by atoms with van der Waals surface area (Å²) in [5.41, 5.74) is 9.10. The largest absolute Gasteiger partial charge is 0.456 e. The molecule has 13 rings (SSSR count). The van der Waals surface area contributed by atoms with E-state index in [1.807, 2.05) is 65.1 Å². The van der Waals surface area contributed by atoms with Crippen molar-refractivity contribution in [2.75, 3.05) is 0 Å². The zero-order valence-electron chi connectivity index (χ0n) is 32.5. The minimum absolute atomic E-state index is 0.596. The van der Waals surface area contributed by atoms with E-state index in [4.69, 9.17) is 19.4 Å². The van der Waals surface area contributed by atoms with Crippen molar-refractivity contribution >= 4 is 95.7 Å². The minimum atomic E-state index is 0.596. The summed E-state index contributed by atoms with van der Waals surface area (Å²) in [5.74, 6) is 1.84. The second kappa shape index (κ2) is 13.5. The number of furan rings is 1. The van der Waals surface area contributed by atoms with Gasteiger partial charge in [0, 0.05) is 67.8 Å². The first kappa shape index (κ1) is 34.4. The van der Waals surface area contributed by atoms with Crippen molar-refractivity contribution < 1.29 is 4.42 Å². The van der Waals surface area contributed by atoms with Crippen molar-refractivity contribution in [3.8, 4) is 56.4 Å². The molecule has 4 aromatic heterocycles. The Bertz CT molecular complexity index is 3900. The van der Waals surface area contributed by atoms with Gasteiger partial charge in [-0.2, -0.15) is 0 Å². The molecule has 0 saturated heterocycles. The summed E-state index contributed by atoms with van der Waals surface area (Å²) in [5, 5.41) is 9.43. The predicted molar refractivity (Wildman–Crippen MR) is 258 cm³/mol. The highest BCUT2D eigenvalue weighted by Crippen LogP contribution is 2.48. The van der Waals surface area contributed by atoms with Crippen molar-refractivity contribution in [1.29, 1.82) is 0 Å². The first-order valence-electron chi connectivity index (χ1n) is 20.3. The van der Waals surface area contributed by atoms with Crippen LogP contribution in [-0.2, 0) is 0 Å². The maximum absolute atomic E-state index is 6.65. The Hall–Kier alpha value is -7.51. The third-order valence-electron chi connectivity index (χ3n) is 11.9. The SMILES string of the molecule is c1ccc(-c2nc(-c3ccc4ccccc4c3)nc(-c3cccc4oc5ccc(-c6c(-c7ccc8c(c7)sc7ccccc78)ccc7sc8ccccc8c67)cc5c34)n2)cc1. The molecule has 9 aromatic carbocycles. The molecule has 4 nitrogen and oxygen atoms in total. The summed E-state index contributed by atoms with van der Waals surface area (Å²) < 4.78 is 11.8. The summed E-state index contributed by atoms with van der Waals surface area (Å²) in [4.78, 5) is 15.5. The molecule has 13 aromatic rings. The lowest BCUT2D eigenvalue weighted by Gasteiger charge is -2.14. The molecule has 0 N–H and O–H groups in total. The third-order valence-corrected chi connectivity index (χ3v) is 14.2. The molecule has 0 aliphatic carbocycles. The van der Waals surface area contributed by atoms with Gasteiger partial charge in [0.15, 0.2) is 17.5 Å². The average molecular weight is 814 g/mol. The van der Waals surface area contributed by atoms with E-state index in [9.17, 15) is 0 Å². The molecule has 61 heavy (non-hydrogen) atoms. The van der Waals surface area contributed by atoms with Crippen LogP contribution in [0.5, 0.6) is 0 Å². The molecule has 4 heterocycles. The van der Waals surface area contributed by atoms with Gasteiger partial charge in [-0.25, -0.2) is 15.0 Å². The molecule has 0 fully saturated rings. The number of benzene rings is 9. The Kier molecular flexibility index (Phi) is 7.61. The zero-order chi connectivity index (χ0) is 40.0. The van der Waals surface area contributed by atoms with Crippen LogP contribution in [0, 0.1) is 0 Å². The number of hydrogen-bond donors (Lipinski definition) is 0. The lowest BCUT2D eigenvalue weighted by molar-refractivity contribution is 0.669. The topological polar surface area (TPSA) is 51.8 Å². The van der Waals surface area contributed by atoms with Crippen LogP contribution in [0.2, 0.25) is 0 Å². The Balaban J connectivity index is 1.05. The van der Waals surface area contributed by atoms with E-state index >= 15 is 0 Å². The number of rotatable bonds is 5. The second-order valence-electron chi connectivity index (χ2n) is 15.5. The number of hydrogen-bond acceptors (Lipinski definition) is 6. The van der Waals surface area contributed by atoms with E-state index in [-0.39, 0.29) is 0 Å². The summed E-state index contributed by atoms with van der Waals surface area (Å²) in [6.07, 6.45) is 0. The van der Waals surface area contributed by atoms with Crippen LogP contribution in [0.3, 0.4) is 0 Å². The maximum Gasteiger partial charge on any atom is 0.164 e. The first-order chi connectivity index (χ1) is 30.2. The van der Waals surface area contributed by atoms with Gasteiger partial charge in [0.05, 0.1) is 0 Å². The van der Waals surface area contributed by atoms with Gasteiger partial charge in [0.2, 0.25) is 0 Å². The van der Waals surface area contributed by atoms with Crippen LogP contribution in [0.1, 0.15) is 0 Å². The molecule has 0 aliphatic heterocycles. The van der Waals surface area contributed by atoms with Crippen LogP contribution in [0.4, 0.5) is 0 Å². The lowest BCUT2D eigenvalue weighted by atomic mass is 9.89. The molecule has 0 spiro atoms. The van der Waals surface area contributed by atoms with Crippen LogP contribution in [0.25, 0.3) is 129 Å². The Morgan fingerprint density at radius 1 is 0.328 bits per heavy atom. The summed E-state index contributed by atoms with van der Waals surface area (Å²) in [7, 11) is 0. The van der Waals surface area contributed by atoms with Gasteiger partial charge in [0.25, 0.3) is 0 Å². The van der Waals surface area contributed by atoms with Crippen molar-refractivity contribution in [2.24, 2.45) is 0 Å². The molecule has 0 atom stereocenters. The summed E-state index contributed by atoms with van der Waals surface area (Å²) in [6.45, 7) is 0. The van der Waals surface area contributed by atoms with Crippen LogP contribution < -0.4 is 0 Å². The summed E-state index contributed by atoms with van der Waals surface area (Å²) >= 11 is 3.70. The van der Waals surface area contributed by atoms with Gasteiger partial charge in [-0.1, -0.05) is 140 Å². The molecule has 0 radical (unpaired) electrons. The van der Waals surface area contributed by atoms with Crippen LogP contribution in [0.15, 0.2) is 192 Å². The number of aromatic nitrogens is 3. The van der Waals surface area contributed by atoms with Gasteiger partial charge in [-0.15, -0.1) is 22.7 Å². The maximum atomic E-state index is 6.65. The molecule has 0 bridgehead atoms. The van der Waals surface area contributed by atoms with Gasteiger partial charge < -0.3 is 4.42 Å². The van der Waals surface area contributed by atoms with Crippen molar-refractivity contribution in [3.05, 3.63) is 188 Å². The van der Waals surface area contributed by atoms with E-state index in [0.717, 1.165) is 49.6 Å². The molecular weight excluding hydrogens is 783 g/mol. The molecule has 0 unspecified atom stereocenters. The average Bonchev–Trinajstić information content (AvgIpc) is 4.02. The van der Waals surface area contributed by atoms with E-state index in [1.165, 1.54) is 62.4 Å². The zero-order valence-corrected chi connectivity index (χ0v) is 34.1. The molecule has 0 aliphatic rings. The normalized spacial score (nSPS) is 11.9. The predicted octanol–water partition coefficient (Wildman–Crippen LogP) is 16.0.